The van der Waals surface area contributed by atoms with Crippen LogP contribution in [-0.2, 0) is 11.3 Å². The monoisotopic (exact) mass is 345 g/mol. The van der Waals surface area contributed by atoms with Gasteiger partial charge in [0.05, 0.1) is 16.2 Å². The lowest BCUT2D eigenvalue weighted by molar-refractivity contribution is -0.117. The number of benzene rings is 1. The quantitative estimate of drug-likeness (QED) is 0.688. The molecule has 1 amide bonds. The highest BCUT2D eigenvalue weighted by Gasteiger charge is 2.19. The van der Waals surface area contributed by atoms with Crippen molar-refractivity contribution in [2.75, 3.05) is 0 Å². The van der Waals surface area contributed by atoms with Crippen LogP contribution in [0.3, 0.4) is 0 Å². The normalized spacial score (nSPS) is 12.8. The zero-order chi connectivity index (χ0) is 17.3. The van der Waals surface area contributed by atoms with E-state index in [0.717, 1.165) is 18.4 Å². The van der Waals surface area contributed by atoms with Crippen LogP contribution in [0.5, 0.6) is 0 Å². The van der Waals surface area contributed by atoms with Gasteiger partial charge < -0.3 is 5.73 Å². The van der Waals surface area contributed by atoms with E-state index in [1.165, 1.54) is 11.8 Å². The first kappa shape index (κ1) is 16.5. The molecule has 7 nitrogen and oxygen atoms in total. The number of carbonyl (C=O) groups excluding carboxylic acids is 1. The van der Waals surface area contributed by atoms with Crippen molar-refractivity contribution in [3.8, 4) is 0 Å². The maximum Gasteiger partial charge on any atom is 0.262 e. The number of aryl methyl sites for hydroxylation is 1. The molecule has 3 aromatic rings. The molecule has 3 rings (SSSR count). The number of rotatable bonds is 6. The van der Waals surface area contributed by atoms with Crippen LogP contribution in [0.2, 0.25) is 0 Å². The fourth-order valence-corrected chi connectivity index (χ4v) is 3.35. The van der Waals surface area contributed by atoms with Crippen molar-refractivity contribution >= 4 is 34.3 Å². The number of nitrogens with two attached hydrogens (primary N) is 1. The lowest BCUT2D eigenvalue weighted by atomic mass is 10.2. The van der Waals surface area contributed by atoms with Gasteiger partial charge in [-0.15, -0.1) is 10.2 Å². The van der Waals surface area contributed by atoms with E-state index in [1.54, 1.807) is 17.6 Å². The lowest BCUT2D eigenvalue weighted by Crippen LogP contribution is -2.24. The van der Waals surface area contributed by atoms with Crippen molar-refractivity contribution in [2.24, 2.45) is 5.73 Å². The number of nitrogens with zero attached hydrogens (tertiary/aromatic N) is 4. The van der Waals surface area contributed by atoms with Crippen LogP contribution in [0.4, 0.5) is 0 Å². The molecule has 0 radical (unpaired) electrons. The topological polar surface area (TPSA) is 95.3 Å². The Morgan fingerprint density at radius 2 is 2.08 bits per heavy atom. The first-order valence-electron chi connectivity index (χ1n) is 7.87. The predicted octanol–water partition coefficient (Wildman–Crippen LogP) is 1.81. The summed E-state index contributed by atoms with van der Waals surface area (Å²) < 4.78 is 3.48. The molecule has 0 aliphatic rings. The first-order valence-corrected chi connectivity index (χ1v) is 8.75. The van der Waals surface area contributed by atoms with E-state index in [0.29, 0.717) is 22.9 Å². The van der Waals surface area contributed by atoms with Crippen LogP contribution in [0, 0.1) is 0 Å². The van der Waals surface area contributed by atoms with E-state index < -0.39 is 11.2 Å². The Morgan fingerprint density at radius 3 is 2.79 bits per heavy atom. The third-order valence-electron chi connectivity index (χ3n) is 3.90. The van der Waals surface area contributed by atoms with Crippen LogP contribution < -0.4 is 11.3 Å². The van der Waals surface area contributed by atoms with E-state index >= 15 is 0 Å². The van der Waals surface area contributed by atoms with E-state index in [-0.39, 0.29) is 5.56 Å². The Hall–Kier alpha value is -2.35. The second-order valence-electron chi connectivity index (χ2n) is 5.61. The summed E-state index contributed by atoms with van der Waals surface area (Å²) in [6, 6.07) is 7.36. The highest BCUT2D eigenvalue weighted by atomic mass is 32.2. The molecular formula is C16H19N5O2S. The number of primary amides is 1. The van der Waals surface area contributed by atoms with Crippen molar-refractivity contribution in [3.63, 3.8) is 0 Å². The summed E-state index contributed by atoms with van der Waals surface area (Å²) in [4.78, 5) is 24.2. The average Bonchev–Trinajstić information content (AvgIpc) is 2.98. The van der Waals surface area contributed by atoms with Crippen molar-refractivity contribution in [3.05, 3.63) is 34.6 Å². The smallest absolute Gasteiger partial charge is 0.262 e. The minimum absolute atomic E-state index is 0.0709. The molecule has 0 saturated carbocycles. The largest absolute Gasteiger partial charge is 0.369 e. The zero-order valence-electron chi connectivity index (χ0n) is 13.6. The number of hydrogen-bond acceptors (Lipinski definition) is 5. The number of thioether (sulfide) groups is 1. The minimum atomic E-state index is -0.438. The van der Waals surface area contributed by atoms with Crippen LogP contribution >= 0.6 is 11.8 Å². The lowest BCUT2D eigenvalue weighted by Gasteiger charge is -2.11. The second kappa shape index (κ2) is 6.64. The van der Waals surface area contributed by atoms with Gasteiger partial charge in [0, 0.05) is 6.54 Å². The molecule has 0 aliphatic heterocycles. The summed E-state index contributed by atoms with van der Waals surface area (Å²) in [5.41, 5.74) is 6.02. The van der Waals surface area contributed by atoms with Crippen LogP contribution in [0.15, 0.2) is 34.2 Å². The predicted molar refractivity (Wildman–Crippen MR) is 94.2 cm³/mol. The summed E-state index contributed by atoms with van der Waals surface area (Å²) in [6.45, 7) is 4.38. The van der Waals surface area contributed by atoms with Crippen molar-refractivity contribution in [2.45, 2.75) is 43.6 Å². The summed E-state index contributed by atoms with van der Waals surface area (Å²) in [6.07, 6.45) is 1.85. The maximum atomic E-state index is 12.8. The van der Waals surface area contributed by atoms with Crippen LogP contribution in [0.25, 0.3) is 16.7 Å². The molecule has 2 N–H and O–H groups in total. The molecule has 0 saturated heterocycles. The van der Waals surface area contributed by atoms with Gasteiger partial charge in [-0.3, -0.25) is 18.6 Å². The van der Waals surface area contributed by atoms with E-state index in [4.69, 9.17) is 5.73 Å². The Balaban J connectivity index is 2.28. The number of amides is 1. The van der Waals surface area contributed by atoms with Crippen molar-refractivity contribution in [1.82, 2.24) is 19.2 Å². The van der Waals surface area contributed by atoms with Crippen molar-refractivity contribution in [1.29, 1.82) is 0 Å². The van der Waals surface area contributed by atoms with Gasteiger partial charge in [-0.2, -0.15) is 0 Å². The number of hydrogen-bond donors (Lipinski definition) is 1. The molecule has 0 fully saturated rings. The SMILES string of the molecule is CCCCn1c(=O)c2ccccc2n2c(S[C@H](C)C(N)=O)nnc12. The Labute approximate surface area is 142 Å². The summed E-state index contributed by atoms with van der Waals surface area (Å²) in [7, 11) is 0. The van der Waals surface area contributed by atoms with Crippen LogP contribution in [0.1, 0.15) is 26.7 Å². The van der Waals surface area contributed by atoms with Crippen LogP contribution in [-0.4, -0.2) is 30.3 Å². The van der Waals surface area contributed by atoms with Gasteiger partial charge in [0.25, 0.3) is 5.56 Å². The standard InChI is InChI=1S/C16H19N5O2S/c1-3-4-9-20-14(23)11-7-5-6-8-12(11)21-15(20)18-19-16(21)24-10(2)13(17)22/h5-8,10H,3-4,9H2,1-2H3,(H2,17,22)/t10-/m1/s1. The van der Waals surface area contributed by atoms with E-state index in [1.807, 2.05) is 22.6 Å². The molecule has 126 valence electrons. The van der Waals surface area contributed by atoms with Gasteiger partial charge in [0.2, 0.25) is 11.7 Å². The fourth-order valence-electron chi connectivity index (χ4n) is 2.54. The number of aromatic nitrogens is 4. The Morgan fingerprint density at radius 1 is 1.33 bits per heavy atom. The molecule has 1 aromatic carbocycles. The fraction of sp³-hybridized carbons (Fsp3) is 0.375. The number of unbranched alkanes of at least 4 members (excludes halogenated alkanes) is 1. The summed E-state index contributed by atoms with van der Waals surface area (Å²) in [5, 5.41) is 9.11. The molecule has 0 aliphatic carbocycles. The number of fused-ring (bicyclic) bond motifs is 3. The third-order valence-corrected chi connectivity index (χ3v) is 4.96. The van der Waals surface area contributed by atoms with E-state index in [9.17, 15) is 9.59 Å². The maximum absolute atomic E-state index is 12.8. The molecule has 2 heterocycles. The molecule has 0 spiro atoms. The average molecular weight is 345 g/mol. The molecule has 0 bridgehead atoms. The third kappa shape index (κ3) is 2.77. The highest BCUT2D eigenvalue weighted by Crippen LogP contribution is 2.24. The second-order valence-corrected chi connectivity index (χ2v) is 6.92. The van der Waals surface area contributed by atoms with E-state index in [2.05, 4.69) is 17.1 Å². The van der Waals surface area contributed by atoms with Gasteiger partial charge in [-0.05, 0) is 25.5 Å². The highest BCUT2D eigenvalue weighted by molar-refractivity contribution is 8.00. The van der Waals surface area contributed by atoms with Gasteiger partial charge in [0.15, 0.2) is 5.16 Å². The van der Waals surface area contributed by atoms with Gasteiger partial charge in [-0.1, -0.05) is 37.2 Å². The summed E-state index contributed by atoms with van der Waals surface area (Å²) >= 11 is 1.24. The summed E-state index contributed by atoms with van der Waals surface area (Å²) in [5.74, 6) is 0.0756. The van der Waals surface area contributed by atoms with Gasteiger partial charge in [-0.25, -0.2) is 0 Å². The zero-order valence-corrected chi connectivity index (χ0v) is 14.4. The first-order chi connectivity index (χ1) is 11.5. The van der Waals surface area contributed by atoms with Gasteiger partial charge in [0.1, 0.15) is 0 Å². The molecule has 2 aromatic heterocycles. The number of carbonyl (C=O) groups is 1. The van der Waals surface area contributed by atoms with Crippen molar-refractivity contribution < 1.29 is 4.79 Å². The molecule has 8 heteroatoms. The Bertz CT molecular complexity index is 962. The molecule has 0 unspecified atom stereocenters. The van der Waals surface area contributed by atoms with Gasteiger partial charge >= 0.3 is 0 Å². The molecular weight excluding hydrogens is 326 g/mol. The number of para-hydroxylation sites is 1. The molecule has 24 heavy (non-hydrogen) atoms. The minimum Gasteiger partial charge on any atom is -0.369 e. The molecule has 1 atom stereocenters. The Kier molecular flexibility index (Phi) is 4.57.